The molecule has 0 bridgehead atoms. The predicted octanol–water partition coefficient (Wildman–Crippen LogP) is 6.71. The van der Waals surface area contributed by atoms with Crippen LogP contribution in [-0.4, -0.2) is 83.0 Å². The molecule has 0 amide bonds. The van der Waals surface area contributed by atoms with Crippen LogP contribution in [0, 0.1) is 5.82 Å². The second-order valence-corrected chi connectivity index (χ2v) is 15.4. The number of nitrogens with zero attached hydrogens (tertiary/aromatic N) is 7. The largest absolute Gasteiger partial charge is 0.467 e. The summed E-state index contributed by atoms with van der Waals surface area (Å²) in [5.74, 6) is 1.38. The van der Waals surface area contributed by atoms with Gasteiger partial charge in [-0.05, 0) is 87.4 Å². The Morgan fingerprint density at radius 1 is 0.981 bits per heavy atom. The maximum atomic E-state index is 15.3. The molecule has 52 heavy (non-hydrogen) atoms. The Morgan fingerprint density at radius 2 is 1.88 bits per heavy atom. The minimum absolute atomic E-state index is 0.117. The van der Waals surface area contributed by atoms with E-state index in [2.05, 4.69) is 25.6 Å². The van der Waals surface area contributed by atoms with E-state index in [0.717, 1.165) is 85.3 Å². The number of hydrogen-bond donors (Lipinski definition) is 0. The van der Waals surface area contributed by atoms with Gasteiger partial charge in [-0.2, -0.15) is 15.1 Å². The van der Waals surface area contributed by atoms with Gasteiger partial charge in [0, 0.05) is 73.7 Å². The molecule has 0 unspecified atom stereocenters. The number of aromatic nitrogens is 4. The molecule has 6 heterocycles. The SMILES string of the molecule is CCc1c(F)ccc2cc(OCOC)cc(N3CCc4c(nc(OC[C@@]56CCCN5C[C@H](F)C6)nc4N4CCCc5c(cnn5C5CCC5)C4)C3)c12. The quantitative estimate of drug-likeness (QED) is 0.167. The van der Waals surface area contributed by atoms with Gasteiger partial charge in [0.05, 0.1) is 30.0 Å². The first-order valence-corrected chi connectivity index (χ1v) is 19.3. The molecule has 3 fully saturated rings. The summed E-state index contributed by atoms with van der Waals surface area (Å²) in [6, 6.07) is 8.20. The van der Waals surface area contributed by atoms with Crippen molar-refractivity contribution in [1.29, 1.82) is 0 Å². The van der Waals surface area contributed by atoms with Gasteiger partial charge in [0.1, 0.15) is 30.2 Å². The highest BCUT2D eigenvalue weighted by Gasteiger charge is 2.49. The van der Waals surface area contributed by atoms with Crippen LogP contribution < -0.4 is 19.3 Å². The van der Waals surface area contributed by atoms with Crippen LogP contribution in [0.3, 0.4) is 0 Å². The summed E-state index contributed by atoms with van der Waals surface area (Å²) in [7, 11) is 1.60. The second kappa shape index (κ2) is 13.7. The molecule has 1 aliphatic carbocycles. The monoisotopic (exact) mass is 713 g/mol. The first-order chi connectivity index (χ1) is 25.4. The Balaban J connectivity index is 1.09. The highest BCUT2D eigenvalue weighted by molar-refractivity contribution is 5.98. The molecule has 2 aromatic heterocycles. The molecule has 4 aromatic rings. The fourth-order valence-corrected chi connectivity index (χ4v) is 9.52. The number of ether oxygens (including phenoxy) is 3. The van der Waals surface area contributed by atoms with Gasteiger partial charge >= 0.3 is 6.01 Å². The van der Waals surface area contributed by atoms with E-state index in [-0.39, 0.29) is 18.1 Å². The first-order valence-electron chi connectivity index (χ1n) is 19.3. The van der Waals surface area contributed by atoms with Crippen molar-refractivity contribution in [2.75, 3.05) is 56.5 Å². The third kappa shape index (κ3) is 5.95. The molecule has 276 valence electrons. The number of benzene rings is 2. The fourth-order valence-electron chi connectivity index (χ4n) is 9.52. The summed E-state index contributed by atoms with van der Waals surface area (Å²) >= 11 is 0. The van der Waals surface area contributed by atoms with Crippen molar-refractivity contribution in [3.63, 3.8) is 0 Å². The maximum Gasteiger partial charge on any atom is 0.318 e. The molecular weight excluding hydrogens is 664 g/mol. The van der Waals surface area contributed by atoms with Crippen LogP contribution in [0.15, 0.2) is 30.5 Å². The van der Waals surface area contributed by atoms with Crippen molar-refractivity contribution in [3.05, 3.63) is 64.4 Å². The average Bonchev–Trinajstić information content (AvgIpc) is 3.74. The highest BCUT2D eigenvalue weighted by Crippen LogP contribution is 2.42. The fraction of sp³-hybridized carbons (Fsp3) is 0.575. The van der Waals surface area contributed by atoms with Crippen LogP contribution in [-0.2, 0) is 37.1 Å². The van der Waals surface area contributed by atoms with Gasteiger partial charge in [0.2, 0.25) is 0 Å². The van der Waals surface area contributed by atoms with Crippen LogP contribution in [0.4, 0.5) is 20.3 Å². The van der Waals surface area contributed by atoms with E-state index in [1.807, 2.05) is 25.1 Å². The zero-order chi connectivity index (χ0) is 35.4. The summed E-state index contributed by atoms with van der Waals surface area (Å²) in [4.78, 5) is 17.2. The van der Waals surface area contributed by atoms with E-state index >= 15 is 4.39 Å². The van der Waals surface area contributed by atoms with Gasteiger partial charge in [0.15, 0.2) is 6.79 Å². The van der Waals surface area contributed by atoms with Gasteiger partial charge in [-0.3, -0.25) is 9.58 Å². The average molecular weight is 714 g/mol. The molecule has 0 N–H and O–H groups in total. The zero-order valence-corrected chi connectivity index (χ0v) is 30.4. The lowest BCUT2D eigenvalue weighted by Gasteiger charge is -2.35. The van der Waals surface area contributed by atoms with Crippen LogP contribution in [0.2, 0.25) is 0 Å². The summed E-state index contributed by atoms with van der Waals surface area (Å²) in [6.07, 6.45) is 10.7. The topological polar surface area (TPSA) is 81.0 Å². The molecule has 9 rings (SSSR count). The number of rotatable bonds is 10. The molecule has 0 radical (unpaired) electrons. The van der Waals surface area contributed by atoms with Crippen molar-refractivity contribution >= 4 is 22.3 Å². The summed E-state index contributed by atoms with van der Waals surface area (Å²) in [5.41, 5.74) is 5.96. The number of fused-ring (bicyclic) bond motifs is 4. The minimum atomic E-state index is -0.832. The van der Waals surface area contributed by atoms with E-state index < -0.39 is 6.17 Å². The number of aryl methyl sites for hydroxylation is 1. The second-order valence-electron chi connectivity index (χ2n) is 15.4. The Labute approximate surface area is 304 Å². The Hall–Kier alpha value is -4.03. The molecule has 2 saturated heterocycles. The lowest BCUT2D eigenvalue weighted by Crippen LogP contribution is -2.43. The molecule has 4 aliphatic heterocycles. The molecule has 5 aliphatic rings. The molecule has 10 nitrogen and oxygen atoms in total. The van der Waals surface area contributed by atoms with Gasteiger partial charge < -0.3 is 24.0 Å². The van der Waals surface area contributed by atoms with Crippen molar-refractivity contribution < 1.29 is 23.0 Å². The standard InChI is InChI=1S/C40H49F2N7O3/c1-3-31-33(42)11-10-26-17-30(52-25-50-2)18-36(37(26)31)46-16-12-32-34(23-46)44-39(51-24-40-13-6-15-48(40)22-28(41)19-40)45-38(32)47-14-5-9-35-27(21-47)20-43-49(35)29-7-4-8-29/h10-11,17-18,20,28-29H,3-9,12-16,19,21-25H2,1-2H3/t28-,40+/m1/s1. The van der Waals surface area contributed by atoms with Crippen molar-refractivity contribution in [3.8, 4) is 11.8 Å². The van der Waals surface area contributed by atoms with E-state index in [1.165, 1.54) is 30.5 Å². The number of halogens is 2. The molecular formula is C40H49F2N7O3. The summed E-state index contributed by atoms with van der Waals surface area (Å²) < 4.78 is 50.0. The van der Waals surface area contributed by atoms with Gasteiger partial charge in [-0.25, -0.2) is 8.78 Å². The third-order valence-corrected chi connectivity index (χ3v) is 12.3. The van der Waals surface area contributed by atoms with Gasteiger partial charge in [-0.1, -0.05) is 13.0 Å². The van der Waals surface area contributed by atoms with Crippen molar-refractivity contribution in [1.82, 2.24) is 24.6 Å². The van der Waals surface area contributed by atoms with Crippen LogP contribution in [0.1, 0.15) is 86.0 Å². The van der Waals surface area contributed by atoms with Crippen LogP contribution >= 0.6 is 0 Å². The molecule has 12 heteroatoms. The lowest BCUT2D eigenvalue weighted by molar-refractivity contribution is 0.0512. The number of hydrogen-bond acceptors (Lipinski definition) is 9. The maximum absolute atomic E-state index is 15.3. The minimum Gasteiger partial charge on any atom is -0.467 e. The number of methoxy groups -OCH3 is 1. The van der Waals surface area contributed by atoms with Crippen LogP contribution in [0.25, 0.3) is 10.8 Å². The first kappa shape index (κ1) is 33.8. The number of alkyl halides is 1. The third-order valence-electron chi connectivity index (χ3n) is 12.3. The van der Waals surface area contributed by atoms with E-state index in [4.69, 9.17) is 29.3 Å². The normalized spacial score (nSPS) is 23.3. The smallest absolute Gasteiger partial charge is 0.318 e. The number of anilines is 2. The summed E-state index contributed by atoms with van der Waals surface area (Å²) in [6.45, 7) is 6.68. The zero-order valence-electron chi connectivity index (χ0n) is 30.4. The van der Waals surface area contributed by atoms with E-state index in [1.54, 1.807) is 13.2 Å². The Bertz CT molecular complexity index is 1970. The Kier molecular flexibility index (Phi) is 8.93. The van der Waals surface area contributed by atoms with Crippen LogP contribution in [0.5, 0.6) is 11.8 Å². The Morgan fingerprint density at radius 3 is 2.71 bits per heavy atom. The van der Waals surface area contributed by atoms with Gasteiger partial charge in [-0.15, -0.1) is 0 Å². The highest BCUT2D eigenvalue weighted by atomic mass is 19.1. The van der Waals surface area contributed by atoms with Gasteiger partial charge in [0.25, 0.3) is 0 Å². The van der Waals surface area contributed by atoms with Crippen molar-refractivity contribution in [2.24, 2.45) is 0 Å². The molecule has 2 aromatic carbocycles. The van der Waals surface area contributed by atoms with E-state index in [9.17, 15) is 4.39 Å². The van der Waals surface area contributed by atoms with Crippen molar-refractivity contribution in [2.45, 2.75) is 102 Å². The molecule has 0 spiro atoms. The summed E-state index contributed by atoms with van der Waals surface area (Å²) in [5, 5.41) is 6.68. The lowest BCUT2D eigenvalue weighted by atomic mass is 9.93. The molecule has 1 saturated carbocycles. The van der Waals surface area contributed by atoms with E-state index in [0.29, 0.717) is 62.4 Å². The predicted molar refractivity (Wildman–Crippen MR) is 196 cm³/mol. The molecule has 2 atom stereocenters.